The van der Waals surface area contributed by atoms with Gasteiger partial charge in [0, 0.05) is 24.7 Å². The van der Waals surface area contributed by atoms with Crippen LogP contribution in [0.1, 0.15) is 28.1 Å². The molecule has 0 bridgehead atoms. The molecule has 1 saturated heterocycles. The molecule has 1 aromatic heterocycles. The summed E-state index contributed by atoms with van der Waals surface area (Å²) < 4.78 is 0. The number of thiophene rings is 1. The van der Waals surface area contributed by atoms with Crippen LogP contribution in [0, 0.1) is 5.92 Å². The van der Waals surface area contributed by atoms with Crippen LogP contribution in [0.5, 0.6) is 0 Å². The first kappa shape index (κ1) is 18.0. The van der Waals surface area contributed by atoms with Gasteiger partial charge in [0.25, 0.3) is 5.91 Å². The van der Waals surface area contributed by atoms with E-state index in [1.807, 2.05) is 41.8 Å². The SMILES string of the molecule is O=C(NCCc1ccc(Cl)cc1)C1CCCN(C(=O)c2cccs2)C1. The first-order chi connectivity index (χ1) is 12.1. The number of hydrogen-bond acceptors (Lipinski definition) is 3. The molecule has 1 aliphatic rings. The Labute approximate surface area is 156 Å². The number of nitrogens with one attached hydrogen (secondary N) is 1. The van der Waals surface area contributed by atoms with Gasteiger partial charge in [-0.3, -0.25) is 9.59 Å². The van der Waals surface area contributed by atoms with E-state index in [-0.39, 0.29) is 17.7 Å². The zero-order valence-electron chi connectivity index (χ0n) is 13.9. The van der Waals surface area contributed by atoms with Crippen LogP contribution in [0.25, 0.3) is 0 Å². The molecule has 3 rings (SSSR count). The first-order valence-electron chi connectivity index (χ1n) is 8.48. The van der Waals surface area contributed by atoms with Crippen molar-refractivity contribution in [3.05, 3.63) is 57.2 Å². The van der Waals surface area contributed by atoms with Gasteiger partial charge in [-0.2, -0.15) is 0 Å². The summed E-state index contributed by atoms with van der Waals surface area (Å²) in [4.78, 5) is 27.4. The maximum absolute atomic E-state index is 12.4. The van der Waals surface area contributed by atoms with Crippen LogP contribution in [0.4, 0.5) is 0 Å². The van der Waals surface area contributed by atoms with Gasteiger partial charge in [-0.1, -0.05) is 29.8 Å². The lowest BCUT2D eigenvalue weighted by atomic mass is 9.97. The van der Waals surface area contributed by atoms with Crippen LogP contribution < -0.4 is 5.32 Å². The van der Waals surface area contributed by atoms with Gasteiger partial charge >= 0.3 is 0 Å². The van der Waals surface area contributed by atoms with Crippen molar-refractivity contribution in [1.29, 1.82) is 0 Å². The molecule has 2 amide bonds. The summed E-state index contributed by atoms with van der Waals surface area (Å²) in [5, 5.41) is 5.62. The molecule has 2 heterocycles. The van der Waals surface area contributed by atoms with E-state index in [1.54, 1.807) is 4.90 Å². The van der Waals surface area contributed by atoms with E-state index in [9.17, 15) is 9.59 Å². The number of rotatable bonds is 5. The lowest BCUT2D eigenvalue weighted by molar-refractivity contribution is -0.126. The molecule has 1 N–H and O–H groups in total. The van der Waals surface area contributed by atoms with Gasteiger partial charge in [-0.25, -0.2) is 0 Å². The molecule has 2 aromatic rings. The Bertz CT molecular complexity index is 716. The monoisotopic (exact) mass is 376 g/mol. The second-order valence-corrected chi connectivity index (χ2v) is 7.62. The topological polar surface area (TPSA) is 49.4 Å². The molecule has 0 spiro atoms. The van der Waals surface area contributed by atoms with Crippen molar-refractivity contribution in [2.45, 2.75) is 19.3 Å². The van der Waals surface area contributed by atoms with Crippen molar-refractivity contribution >= 4 is 34.8 Å². The number of amides is 2. The van der Waals surface area contributed by atoms with Crippen LogP contribution in [-0.2, 0) is 11.2 Å². The quantitative estimate of drug-likeness (QED) is 0.866. The number of carbonyl (C=O) groups excluding carboxylic acids is 2. The van der Waals surface area contributed by atoms with Crippen LogP contribution in [-0.4, -0.2) is 36.3 Å². The third-order valence-electron chi connectivity index (χ3n) is 4.44. The number of halogens is 1. The van der Waals surface area contributed by atoms with E-state index < -0.39 is 0 Å². The molecule has 6 heteroatoms. The average Bonchev–Trinajstić information content (AvgIpc) is 3.17. The van der Waals surface area contributed by atoms with Crippen molar-refractivity contribution in [2.24, 2.45) is 5.92 Å². The second kappa shape index (κ2) is 8.50. The zero-order chi connectivity index (χ0) is 17.6. The van der Waals surface area contributed by atoms with Gasteiger partial charge in [-0.05, 0) is 48.4 Å². The van der Waals surface area contributed by atoms with E-state index in [2.05, 4.69) is 5.32 Å². The normalized spacial score (nSPS) is 17.3. The molecule has 0 radical (unpaired) electrons. The number of carbonyl (C=O) groups is 2. The first-order valence-corrected chi connectivity index (χ1v) is 9.74. The van der Waals surface area contributed by atoms with Crippen molar-refractivity contribution in [2.75, 3.05) is 19.6 Å². The lowest BCUT2D eigenvalue weighted by Gasteiger charge is -2.31. The smallest absolute Gasteiger partial charge is 0.263 e. The molecule has 1 unspecified atom stereocenters. The standard InChI is InChI=1S/C19H21ClN2O2S/c20-16-7-5-14(6-8-16)9-10-21-18(23)15-3-1-11-22(13-15)19(24)17-4-2-12-25-17/h2,4-8,12,15H,1,3,9-11,13H2,(H,21,23). The fourth-order valence-corrected chi connectivity index (χ4v) is 3.87. The summed E-state index contributed by atoms with van der Waals surface area (Å²) in [7, 11) is 0. The van der Waals surface area contributed by atoms with E-state index in [4.69, 9.17) is 11.6 Å². The summed E-state index contributed by atoms with van der Waals surface area (Å²) >= 11 is 7.32. The summed E-state index contributed by atoms with van der Waals surface area (Å²) in [6.07, 6.45) is 2.47. The fourth-order valence-electron chi connectivity index (χ4n) is 3.06. The second-order valence-electron chi connectivity index (χ2n) is 6.24. The van der Waals surface area contributed by atoms with Crippen molar-refractivity contribution in [3.63, 3.8) is 0 Å². The van der Waals surface area contributed by atoms with Gasteiger partial charge in [0.15, 0.2) is 0 Å². The highest BCUT2D eigenvalue weighted by Crippen LogP contribution is 2.20. The highest BCUT2D eigenvalue weighted by atomic mass is 35.5. The van der Waals surface area contributed by atoms with Crippen LogP contribution in [0.2, 0.25) is 5.02 Å². The van der Waals surface area contributed by atoms with Gasteiger partial charge in [-0.15, -0.1) is 11.3 Å². The Morgan fingerprint density at radius 3 is 2.76 bits per heavy atom. The van der Waals surface area contributed by atoms with Crippen molar-refractivity contribution < 1.29 is 9.59 Å². The Morgan fingerprint density at radius 2 is 2.04 bits per heavy atom. The predicted molar refractivity (Wildman–Crippen MR) is 101 cm³/mol. The largest absolute Gasteiger partial charge is 0.355 e. The predicted octanol–water partition coefficient (Wildman–Crippen LogP) is 3.61. The molecule has 1 atom stereocenters. The molecule has 25 heavy (non-hydrogen) atoms. The van der Waals surface area contributed by atoms with Crippen LogP contribution in [0.15, 0.2) is 41.8 Å². The highest BCUT2D eigenvalue weighted by molar-refractivity contribution is 7.12. The number of hydrogen-bond donors (Lipinski definition) is 1. The Hall–Kier alpha value is -1.85. The lowest BCUT2D eigenvalue weighted by Crippen LogP contribution is -2.45. The Balaban J connectivity index is 1.48. The van der Waals surface area contributed by atoms with Crippen molar-refractivity contribution in [1.82, 2.24) is 10.2 Å². The third-order valence-corrected chi connectivity index (χ3v) is 5.55. The average molecular weight is 377 g/mol. The maximum Gasteiger partial charge on any atom is 0.263 e. The summed E-state index contributed by atoms with van der Waals surface area (Å²) in [6, 6.07) is 11.4. The number of benzene rings is 1. The van der Waals surface area contributed by atoms with E-state index in [0.717, 1.165) is 36.2 Å². The van der Waals surface area contributed by atoms with E-state index >= 15 is 0 Å². The molecule has 132 valence electrons. The summed E-state index contributed by atoms with van der Waals surface area (Å²) in [6.45, 7) is 1.82. The van der Waals surface area contributed by atoms with Crippen LogP contribution >= 0.6 is 22.9 Å². The van der Waals surface area contributed by atoms with E-state index in [0.29, 0.717) is 18.1 Å². The minimum Gasteiger partial charge on any atom is -0.355 e. The van der Waals surface area contributed by atoms with E-state index in [1.165, 1.54) is 11.3 Å². The molecular formula is C19H21ClN2O2S. The van der Waals surface area contributed by atoms with Gasteiger partial charge in [0.1, 0.15) is 0 Å². The Kier molecular flexibility index (Phi) is 6.10. The van der Waals surface area contributed by atoms with Crippen molar-refractivity contribution in [3.8, 4) is 0 Å². The molecule has 1 aliphatic heterocycles. The third kappa shape index (κ3) is 4.83. The summed E-state index contributed by atoms with van der Waals surface area (Å²) in [5.74, 6) is -0.0470. The maximum atomic E-state index is 12.4. The minimum absolute atomic E-state index is 0.0358. The molecule has 0 saturated carbocycles. The number of nitrogens with zero attached hydrogens (tertiary/aromatic N) is 1. The minimum atomic E-state index is -0.122. The Morgan fingerprint density at radius 1 is 1.24 bits per heavy atom. The number of piperidine rings is 1. The van der Waals surface area contributed by atoms with Gasteiger partial charge < -0.3 is 10.2 Å². The fraction of sp³-hybridized carbons (Fsp3) is 0.368. The zero-order valence-corrected chi connectivity index (χ0v) is 15.5. The molecule has 4 nitrogen and oxygen atoms in total. The molecular weight excluding hydrogens is 356 g/mol. The number of likely N-dealkylation sites (tertiary alicyclic amines) is 1. The summed E-state index contributed by atoms with van der Waals surface area (Å²) in [5.41, 5.74) is 1.14. The highest BCUT2D eigenvalue weighted by Gasteiger charge is 2.29. The van der Waals surface area contributed by atoms with Gasteiger partial charge in [0.2, 0.25) is 5.91 Å². The molecule has 1 fully saturated rings. The van der Waals surface area contributed by atoms with Crippen LogP contribution in [0.3, 0.4) is 0 Å². The molecule has 1 aromatic carbocycles. The van der Waals surface area contributed by atoms with Gasteiger partial charge in [0.05, 0.1) is 10.8 Å². The molecule has 0 aliphatic carbocycles.